The number of hydrogen-bond donors (Lipinski definition) is 1. The molecule has 2 aromatic rings. The summed E-state index contributed by atoms with van der Waals surface area (Å²) < 4.78 is 0.616. The number of hydrogen-bond acceptors (Lipinski definition) is 2. The third kappa shape index (κ3) is 6.40. The Balaban J connectivity index is 0.00000341. The average Bonchev–Trinajstić information content (AvgIpc) is 2.71. The highest BCUT2D eigenvalue weighted by atomic mass is 79.9. The van der Waals surface area contributed by atoms with Gasteiger partial charge in [-0.15, -0.1) is 0 Å². The fourth-order valence-corrected chi connectivity index (χ4v) is 4.70. The van der Waals surface area contributed by atoms with E-state index in [1.807, 2.05) is 64.3 Å². The van der Waals surface area contributed by atoms with E-state index in [4.69, 9.17) is 0 Å². The predicted molar refractivity (Wildman–Crippen MR) is 121 cm³/mol. The Hall–Kier alpha value is -2.18. The van der Waals surface area contributed by atoms with Gasteiger partial charge < -0.3 is 31.7 Å². The SMILES string of the molecule is Cc1cccc(C)c1NC(=O)C[N+]1(Cc2ccccc2)CCCC(C(=O)N(C)C)C1.[Br-]. The van der Waals surface area contributed by atoms with Crippen molar-refractivity contribution in [3.63, 3.8) is 0 Å². The molecule has 0 spiro atoms. The van der Waals surface area contributed by atoms with Crippen molar-refractivity contribution in [2.45, 2.75) is 33.2 Å². The van der Waals surface area contributed by atoms with Crippen molar-refractivity contribution >= 4 is 17.5 Å². The lowest BCUT2D eigenvalue weighted by molar-refractivity contribution is -0.940. The Morgan fingerprint density at radius 3 is 2.29 bits per heavy atom. The third-order valence-corrected chi connectivity index (χ3v) is 6.17. The van der Waals surface area contributed by atoms with Crippen molar-refractivity contribution in [2.24, 2.45) is 5.92 Å². The predicted octanol–water partition coefficient (Wildman–Crippen LogP) is 0.761. The number of nitrogens with zero attached hydrogens (tertiary/aromatic N) is 2. The van der Waals surface area contributed by atoms with Crippen molar-refractivity contribution in [3.8, 4) is 0 Å². The number of rotatable bonds is 6. The van der Waals surface area contributed by atoms with Gasteiger partial charge >= 0.3 is 0 Å². The Morgan fingerprint density at radius 1 is 1.03 bits per heavy atom. The van der Waals surface area contributed by atoms with E-state index in [1.54, 1.807) is 4.90 Å². The first-order valence-electron chi connectivity index (χ1n) is 10.8. The van der Waals surface area contributed by atoms with Crippen LogP contribution in [0.4, 0.5) is 5.69 Å². The van der Waals surface area contributed by atoms with E-state index in [-0.39, 0.29) is 34.7 Å². The number of piperidine rings is 1. The van der Waals surface area contributed by atoms with E-state index >= 15 is 0 Å². The summed E-state index contributed by atoms with van der Waals surface area (Å²) in [7, 11) is 3.63. The zero-order valence-corrected chi connectivity index (χ0v) is 20.6. The first-order valence-corrected chi connectivity index (χ1v) is 10.8. The van der Waals surface area contributed by atoms with Gasteiger partial charge in [0.05, 0.1) is 19.0 Å². The van der Waals surface area contributed by atoms with Gasteiger partial charge in [0.15, 0.2) is 6.54 Å². The minimum absolute atomic E-state index is 0. The standard InChI is InChI=1S/C25H33N3O2.BrH/c1-19-10-8-11-20(2)24(19)26-23(29)18-28(16-21-12-6-5-7-13-21)15-9-14-22(17-28)25(30)27(3)4;/h5-8,10-13,22H,9,14-18H2,1-4H3;1H. The normalized spacial score (nSPS) is 20.5. The van der Waals surface area contributed by atoms with Crippen molar-refractivity contribution in [3.05, 3.63) is 65.2 Å². The molecular weight excluding hydrogens is 454 g/mol. The van der Waals surface area contributed by atoms with E-state index < -0.39 is 0 Å². The Labute approximate surface area is 196 Å². The first-order chi connectivity index (χ1) is 14.3. The summed E-state index contributed by atoms with van der Waals surface area (Å²) >= 11 is 0. The summed E-state index contributed by atoms with van der Waals surface area (Å²) in [4.78, 5) is 27.6. The molecule has 2 aromatic carbocycles. The van der Waals surface area contributed by atoms with Gasteiger partial charge in [-0.1, -0.05) is 48.5 Å². The highest BCUT2D eigenvalue weighted by molar-refractivity contribution is 5.93. The van der Waals surface area contributed by atoms with Gasteiger partial charge in [-0.3, -0.25) is 9.59 Å². The van der Waals surface area contributed by atoms with E-state index in [0.717, 1.165) is 42.7 Å². The van der Waals surface area contributed by atoms with Gasteiger partial charge in [-0.05, 0) is 37.8 Å². The van der Waals surface area contributed by atoms with Crippen molar-refractivity contribution in [1.82, 2.24) is 4.90 Å². The van der Waals surface area contributed by atoms with E-state index in [0.29, 0.717) is 17.6 Å². The molecule has 1 aliphatic rings. The second-order valence-corrected chi connectivity index (χ2v) is 8.94. The van der Waals surface area contributed by atoms with Gasteiger partial charge in [0.1, 0.15) is 6.54 Å². The van der Waals surface area contributed by atoms with Crippen LogP contribution >= 0.6 is 0 Å². The van der Waals surface area contributed by atoms with Crippen LogP contribution in [0.25, 0.3) is 0 Å². The van der Waals surface area contributed by atoms with Crippen LogP contribution in [-0.2, 0) is 16.1 Å². The van der Waals surface area contributed by atoms with Crippen LogP contribution in [0, 0.1) is 19.8 Å². The molecular formula is C25H34BrN3O2. The monoisotopic (exact) mass is 487 g/mol. The number of quaternary nitrogens is 1. The molecule has 0 aromatic heterocycles. The number of anilines is 1. The lowest BCUT2D eigenvalue weighted by Gasteiger charge is -2.44. The molecule has 2 unspecified atom stereocenters. The van der Waals surface area contributed by atoms with E-state index in [2.05, 4.69) is 17.4 Å². The maximum absolute atomic E-state index is 13.2. The molecule has 2 atom stereocenters. The molecule has 31 heavy (non-hydrogen) atoms. The fourth-order valence-electron chi connectivity index (χ4n) is 4.70. The molecule has 0 saturated carbocycles. The summed E-state index contributed by atoms with van der Waals surface area (Å²) in [5, 5.41) is 3.15. The van der Waals surface area contributed by atoms with Crippen molar-refractivity contribution in [1.29, 1.82) is 0 Å². The van der Waals surface area contributed by atoms with Gasteiger partial charge in [0.25, 0.3) is 5.91 Å². The molecule has 1 N–H and O–H groups in total. The van der Waals surface area contributed by atoms with Crippen molar-refractivity contribution < 1.29 is 31.1 Å². The molecule has 0 bridgehead atoms. The Kier molecular flexibility index (Phi) is 8.83. The minimum Gasteiger partial charge on any atom is -1.00 e. The Morgan fingerprint density at radius 2 is 1.68 bits per heavy atom. The van der Waals surface area contributed by atoms with Gasteiger partial charge in [0, 0.05) is 25.3 Å². The molecule has 6 heteroatoms. The molecule has 5 nitrogen and oxygen atoms in total. The zero-order chi connectivity index (χ0) is 21.7. The van der Waals surface area contributed by atoms with Crippen LogP contribution in [0.5, 0.6) is 0 Å². The number of halogens is 1. The van der Waals surface area contributed by atoms with E-state index in [9.17, 15) is 9.59 Å². The maximum atomic E-state index is 13.2. The smallest absolute Gasteiger partial charge is 0.279 e. The lowest BCUT2D eigenvalue weighted by Crippen LogP contribution is -3.00. The van der Waals surface area contributed by atoms with Gasteiger partial charge in [-0.25, -0.2) is 0 Å². The largest absolute Gasteiger partial charge is 1.00 e. The summed E-state index contributed by atoms with van der Waals surface area (Å²) in [5.74, 6) is 0.146. The number of nitrogens with one attached hydrogen (secondary N) is 1. The molecule has 1 aliphatic heterocycles. The number of aryl methyl sites for hydroxylation is 2. The highest BCUT2D eigenvalue weighted by Crippen LogP contribution is 2.28. The van der Waals surface area contributed by atoms with Gasteiger partial charge in [-0.2, -0.15) is 0 Å². The number of para-hydroxylation sites is 1. The van der Waals surface area contributed by atoms with Gasteiger partial charge in [0.2, 0.25) is 5.91 Å². The first kappa shape index (κ1) is 25.1. The van der Waals surface area contributed by atoms with Crippen LogP contribution in [0.15, 0.2) is 48.5 Å². The zero-order valence-electron chi connectivity index (χ0n) is 19.0. The number of carbonyl (C=O) groups excluding carboxylic acids is 2. The van der Waals surface area contributed by atoms with E-state index in [1.165, 1.54) is 5.56 Å². The van der Waals surface area contributed by atoms with Crippen LogP contribution < -0.4 is 22.3 Å². The second kappa shape index (κ2) is 10.9. The van der Waals surface area contributed by atoms with Crippen molar-refractivity contribution in [2.75, 3.05) is 39.0 Å². The molecule has 1 fully saturated rings. The number of likely N-dealkylation sites (tertiary alicyclic amines) is 1. The highest BCUT2D eigenvalue weighted by Gasteiger charge is 2.40. The number of amides is 2. The number of carbonyl (C=O) groups is 2. The molecule has 3 rings (SSSR count). The summed E-state index contributed by atoms with van der Waals surface area (Å²) in [6.07, 6.45) is 1.85. The minimum atomic E-state index is -0.0366. The molecule has 1 heterocycles. The summed E-state index contributed by atoms with van der Waals surface area (Å²) in [6, 6.07) is 16.3. The van der Waals surface area contributed by atoms with Crippen LogP contribution in [-0.4, -0.2) is 54.9 Å². The molecule has 0 aliphatic carbocycles. The summed E-state index contributed by atoms with van der Waals surface area (Å²) in [6.45, 7) is 6.78. The second-order valence-electron chi connectivity index (χ2n) is 8.94. The lowest BCUT2D eigenvalue weighted by atomic mass is 9.93. The summed E-state index contributed by atoms with van der Waals surface area (Å²) in [5.41, 5.74) is 4.24. The topological polar surface area (TPSA) is 49.4 Å². The molecule has 168 valence electrons. The van der Waals surface area contributed by atoms with Crippen LogP contribution in [0.1, 0.15) is 29.5 Å². The maximum Gasteiger partial charge on any atom is 0.279 e. The number of benzene rings is 2. The molecule has 2 amide bonds. The Bertz CT molecular complexity index is 881. The molecule has 0 radical (unpaired) electrons. The average molecular weight is 488 g/mol. The quantitative estimate of drug-likeness (QED) is 0.611. The van der Waals surface area contributed by atoms with Crippen LogP contribution in [0.3, 0.4) is 0 Å². The van der Waals surface area contributed by atoms with Crippen LogP contribution in [0.2, 0.25) is 0 Å². The molecule has 1 saturated heterocycles. The third-order valence-electron chi connectivity index (χ3n) is 6.17. The fraction of sp³-hybridized carbons (Fsp3) is 0.440.